The first-order valence-electron chi connectivity index (χ1n) is 4.48. The summed E-state index contributed by atoms with van der Waals surface area (Å²) in [4.78, 5) is 10.5. The van der Waals surface area contributed by atoms with Crippen LogP contribution >= 0.6 is 11.3 Å². The Bertz CT molecular complexity index is 494. The van der Waals surface area contributed by atoms with Crippen LogP contribution in [-0.4, -0.2) is 49.0 Å². The van der Waals surface area contributed by atoms with Gasteiger partial charge < -0.3 is 15.3 Å². The molecule has 17 heavy (non-hydrogen) atoms. The summed E-state index contributed by atoms with van der Waals surface area (Å²) in [6.45, 7) is -0.896. The average molecular weight is 281 g/mol. The number of aliphatic hydroxyl groups is 2. The van der Waals surface area contributed by atoms with E-state index < -0.39 is 28.7 Å². The highest BCUT2D eigenvalue weighted by Gasteiger charge is 2.19. The zero-order chi connectivity index (χ0) is 13.1. The Morgan fingerprint density at radius 3 is 2.59 bits per heavy atom. The molecule has 4 N–H and O–H groups in total. The smallest absolute Gasteiger partial charge is 0.345 e. The number of aromatic carboxylic acids is 1. The minimum absolute atomic E-state index is 0.0897. The highest BCUT2D eigenvalue weighted by molar-refractivity contribution is 7.91. The molecule has 7 nitrogen and oxygen atoms in total. The van der Waals surface area contributed by atoms with Crippen LogP contribution in [0.15, 0.2) is 16.3 Å². The van der Waals surface area contributed by atoms with Gasteiger partial charge in [-0.05, 0) is 12.1 Å². The van der Waals surface area contributed by atoms with Gasteiger partial charge in [0.25, 0.3) is 0 Å². The predicted molar refractivity (Wildman–Crippen MR) is 59.6 cm³/mol. The van der Waals surface area contributed by atoms with Crippen molar-refractivity contribution in [2.45, 2.75) is 10.3 Å². The monoisotopic (exact) mass is 281 g/mol. The van der Waals surface area contributed by atoms with Crippen LogP contribution < -0.4 is 4.72 Å². The highest BCUT2D eigenvalue weighted by Crippen LogP contribution is 2.21. The molecule has 1 unspecified atom stereocenters. The minimum Gasteiger partial charge on any atom is -0.477 e. The number of aliphatic hydroxyl groups excluding tert-OH is 2. The number of nitrogens with one attached hydrogen (secondary N) is 1. The van der Waals surface area contributed by atoms with Crippen molar-refractivity contribution in [3.8, 4) is 0 Å². The molecule has 0 aliphatic rings. The number of carboxylic acid groups (broad SMARTS) is 1. The lowest BCUT2D eigenvalue weighted by molar-refractivity contribution is 0.0702. The fourth-order valence-corrected chi connectivity index (χ4v) is 3.18. The lowest BCUT2D eigenvalue weighted by Gasteiger charge is -2.08. The Labute approximate surface area is 101 Å². The lowest BCUT2D eigenvalue weighted by Crippen LogP contribution is -2.33. The minimum atomic E-state index is -3.84. The molecule has 1 heterocycles. The summed E-state index contributed by atoms with van der Waals surface area (Å²) in [5, 5.41) is 26.2. The van der Waals surface area contributed by atoms with Gasteiger partial charge in [0.2, 0.25) is 10.0 Å². The van der Waals surface area contributed by atoms with E-state index in [0.29, 0.717) is 11.3 Å². The van der Waals surface area contributed by atoms with Crippen molar-refractivity contribution < 1.29 is 28.5 Å². The molecule has 0 aliphatic heterocycles. The standard InChI is InChI=1S/C8H11NO6S2/c10-4-5(11)3-9-17(14,15)7-2-1-6(16-7)8(12)13/h1-2,5,9-11H,3-4H2,(H,12,13). The summed E-state index contributed by atoms with van der Waals surface area (Å²) in [5.74, 6) is -1.20. The largest absolute Gasteiger partial charge is 0.477 e. The maximum Gasteiger partial charge on any atom is 0.345 e. The average Bonchev–Trinajstić information content (AvgIpc) is 2.76. The molecule has 1 atom stereocenters. The molecule has 0 fully saturated rings. The molecule has 0 aromatic carbocycles. The molecule has 0 spiro atoms. The van der Waals surface area contributed by atoms with Gasteiger partial charge in [0.05, 0.1) is 12.7 Å². The van der Waals surface area contributed by atoms with Crippen LogP contribution in [0, 0.1) is 0 Å². The van der Waals surface area contributed by atoms with Crippen molar-refractivity contribution in [3.05, 3.63) is 17.0 Å². The first kappa shape index (κ1) is 14.1. The molecule has 1 aromatic rings. The Morgan fingerprint density at radius 2 is 2.12 bits per heavy atom. The Balaban J connectivity index is 2.79. The van der Waals surface area contributed by atoms with Gasteiger partial charge >= 0.3 is 5.97 Å². The first-order valence-corrected chi connectivity index (χ1v) is 6.78. The van der Waals surface area contributed by atoms with Crippen LogP contribution in [0.4, 0.5) is 0 Å². The zero-order valence-electron chi connectivity index (χ0n) is 8.53. The fraction of sp³-hybridized carbons (Fsp3) is 0.375. The number of carboxylic acids is 1. The third-order valence-electron chi connectivity index (χ3n) is 1.78. The van der Waals surface area contributed by atoms with E-state index in [-0.39, 0.29) is 15.6 Å². The third kappa shape index (κ3) is 3.75. The topological polar surface area (TPSA) is 124 Å². The first-order chi connectivity index (χ1) is 7.86. The van der Waals surface area contributed by atoms with E-state index >= 15 is 0 Å². The molecule has 1 aromatic heterocycles. The summed E-state index contributed by atoms with van der Waals surface area (Å²) in [6.07, 6.45) is -1.19. The van der Waals surface area contributed by atoms with Crippen molar-refractivity contribution in [1.82, 2.24) is 4.72 Å². The predicted octanol–water partition coefficient (Wildman–Crippen LogP) is -0.922. The van der Waals surface area contributed by atoms with Gasteiger partial charge in [0.15, 0.2) is 0 Å². The number of carbonyl (C=O) groups is 1. The summed E-state index contributed by atoms with van der Waals surface area (Å²) in [7, 11) is -3.84. The highest BCUT2D eigenvalue weighted by atomic mass is 32.2. The number of hydrogen-bond donors (Lipinski definition) is 4. The summed E-state index contributed by atoms with van der Waals surface area (Å²) in [5.41, 5.74) is 0. The molecule has 0 saturated carbocycles. The van der Waals surface area contributed by atoms with Gasteiger partial charge in [-0.1, -0.05) is 0 Å². The quantitative estimate of drug-likeness (QED) is 0.534. The molecule has 0 bridgehead atoms. The number of rotatable bonds is 6. The van der Waals surface area contributed by atoms with Crippen molar-refractivity contribution in [2.75, 3.05) is 13.2 Å². The molecule has 1 rings (SSSR count). The second kappa shape index (κ2) is 5.56. The van der Waals surface area contributed by atoms with Crippen LogP contribution in [0.1, 0.15) is 9.67 Å². The van der Waals surface area contributed by atoms with Crippen LogP contribution in [0.3, 0.4) is 0 Å². The number of thiophene rings is 1. The Morgan fingerprint density at radius 1 is 1.47 bits per heavy atom. The summed E-state index contributed by atoms with van der Waals surface area (Å²) in [6, 6.07) is 2.35. The molecule has 9 heteroatoms. The number of sulfonamides is 1. The van der Waals surface area contributed by atoms with Crippen LogP contribution in [0.2, 0.25) is 0 Å². The van der Waals surface area contributed by atoms with Gasteiger partial charge in [0.1, 0.15) is 9.09 Å². The van der Waals surface area contributed by atoms with Crippen molar-refractivity contribution in [1.29, 1.82) is 0 Å². The second-order valence-corrected chi connectivity index (χ2v) is 6.19. The summed E-state index contributed by atoms with van der Waals surface area (Å²) < 4.78 is 25.1. The van der Waals surface area contributed by atoms with E-state index in [0.717, 1.165) is 0 Å². The van der Waals surface area contributed by atoms with Crippen molar-refractivity contribution in [2.24, 2.45) is 0 Å². The van der Waals surface area contributed by atoms with Crippen LogP contribution in [0.25, 0.3) is 0 Å². The van der Waals surface area contributed by atoms with E-state index in [9.17, 15) is 13.2 Å². The maximum absolute atomic E-state index is 11.6. The molecule has 0 saturated heterocycles. The third-order valence-corrected chi connectivity index (χ3v) is 4.77. The van der Waals surface area contributed by atoms with E-state index in [1.165, 1.54) is 12.1 Å². The van der Waals surface area contributed by atoms with Gasteiger partial charge in [-0.15, -0.1) is 11.3 Å². The van der Waals surface area contributed by atoms with Crippen LogP contribution in [-0.2, 0) is 10.0 Å². The van der Waals surface area contributed by atoms with Crippen LogP contribution in [0.5, 0.6) is 0 Å². The SMILES string of the molecule is O=C(O)c1ccc(S(=O)(=O)NCC(O)CO)s1. The van der Waals surface area contributed by atoms with Gasteiger partial charge in [-0.25, -0.2) is 17.9 Å². The number of hydrogen-bond acceptors (Lipinski definition) is 6. The molecular formula is C8H11NO6S2. The van der Waals surface area contributed by atoms with E-state index in [1.54, 1.807) is 0 Å². The Kier molecular flexibility index (Phi) is 4.60. The van der Waals surface area contributed by atoms with E-state index in [1.807, 2.05) is 0 Å². The molecular weight excluding hydrogens is 270 g/mol. The maximum atomic E-state index is 11.6. The second-order valence-electron chi connectivity index (χ2n) is 3.11. The van der Waals surface area contributed by atoms with E-state index in [4.69, 9.17) is 15.3 Å². The lowest BCUT2D eigenvalue weighted by atomic mass is 10.4. The van der Waals surface area contributed by atoms with Gasteiger partial charge in [-0.2, -0.15) is 0 Å². The fourth-order valence-electron chi connectivity index (χ4n) is 0.921. The molecule has 0 amide bonds. The van der Waals surface area contributed by atoms with Gasteiger partial charge in [-0.3, -0.25) is 0 Å². The normalized spacial score (nSPS) is 13.5. The molecule has 96 valence electrons. The van der Waals surface area contributed by atoms with E-state index in [2.05, 4.69) is 4.72 Å². The van der Waals surface area contributed by atoms with Crippen molar-refractivity contribution >= 4 is 27.3 Å². The zero-order valence-corrected chi connectivity index (χ0v) is 10.2. The molecule has 0 radical (unpaired) electrons. The summed E-state index contributed by atoms with van der Waals surface area (Å²) >= 11 is 0.613. The van der Waals surface area contributed by atoms with Gasteiger partial charge in [0, 0.05) is 6.54 Å². The molecule has 0 aliphatic carbocycles. The Hall–Kier alpha value is -1.00. The van der Waals surface area contributed by atoms with Crippen molar-refractivity contribution in [3.63, 3.8) is 0 Å².